The Morgan fingerprint density at radius 1 is 1.21 bits per heavy atom. The lowest BCUT2D eigenvalue weighted by Gasteiger charge is -2.13. The van der Waals surface area contributed by atoms with Crippen molar-refractivity contribution in [1.29, 1.82) is 0 Å². The molecule has 0 fully saturated rings. The van der Waals surface area contributed by atoms with Crippen LogP contribution in [0.25, 0.3) is 10.9 Å². The van der Waals surface area contributed by atoms with Crippen molar-refractivity contribution in [2.24, 2.45) is 0 Å². The quantitative estimate of drug-likeness (QED) is 0.694. The number of pyridine rings is 1. The molecule has 0 spiro atoms. The van der Waals surface area contributed by atoms with Crippen LogP contribution in [-0.4, -0.2) is 16.1 Å². The fraction of sp³-hybridized carbons (Fsp3) is 0.158. The largest absolute Gasteiger partial charge is 0.325 e. The Hall–Kier alpha value is -2.40. The van der Waals surface area contributed by atoms with Crippen LogP contribution >= 0.6 is 11.8 Å². The number of nitrogens with zero attached hydrogens (tertiary/aromatic N) is 1. The summed E-state index contributed by atoms with van der Waals surface area (Å²) in [6.45, 7) is 3.52. The van der Waals surface area contributed by atoms with Gasteiger partial charge in [0, 0.05) is 22.2 Å². The first-order chi connectivity index (χ1) is 11.5. The molecule has 1 unspecified atom stereocenters. The zero-order chi connectivity index (χ0) is 17.1. The summed E-state index contributed by atoms with van der Waals surface area (Å²) >= 11 is 1.46. The number of nitrogens with one attached hydrogen (secondary N) is 1. The van der Waals surface area contributed by atoms with E-state index in [1.54, 1.807) is 25.3 Å². The minimum atomic E-state index is -0.326. The number of fused-ring (bicyclic) bond motifs is 1. The van der Waals surface area contributed by atoms with Gasteiger partial charge in [-0.25, -0.2) is 4.39 Å². The lowest BCUT2D eigenvalue weighted by molar-refractivity contribution is -0.115. The molecular weight excluding hydrogens is 323 g/mol. The number of amides is 1. The maximum Gasteiger partial charge on any atom is 0.237 e. The van der Waals surface area contributed by atoms with E-state index < -0.39 is 0 Å². The first-order valence-electron chi connectivity index (χ1n) is 7.62. The number of rotatable bonds is 4. The van der Waals surface area contributed by atoms with Crippen LogP contribution in [-0.2, 0) is 4.79 Å². The number of aromatic nitrogens is 1. The third-order valence-corrected chi connectivity index (χ3v) is 4.90. The van der Waals surface area contributed by atoms with E-state index in [1.165, 1.54) is 17.8 Å². The Morgan fingerprint density at radius 3 is 2.79 bits per heavy atom. The summed E-state index contributed by atoms with van der Waals surface area (Å²) in [6.07, 6.45) is 1.74. The van der Waals surface area contributed by atoms with E-state index in [9.17, 15) is 9.18 Å². The van der Waals surface area contributed by atoms with Gasteiger partial charge in [0.15, 0.2) is 0 Å². The predicted molar refractivity (Wildman–Crippen MR) is 96.8 cm³/mol. The normalized spacial score (nSPS) is 12.1. The standard InChI is InChI=1S/C19H17FN2OS/c1-12-7-8-14(11-16(12)20)22-19(23)13(2)24-18-9-10-21-17-6-4-3-5-15(17)18/h3-11,13H,1-2H3,(H,22,23). The van der Waals surface area contributed by atoms with Gasteiger partial charge in [-0.15, -0.1) is 11.8 Å². The Morgan fingerprint density at radius 2 is 2.00 bits per heavy atom. The van der Waals surface area contributed by atoms with Crippen molar-refractivity contribution in [1.82, 2.24) is 4.98 Å². The molecule has 1 heterocycles. The van der Waals surface area contributed by atoms with Crippen molar-refractivity contribution < 1.29 is 9.18 Å². The van der Waals surface area contributed by atoms with Gasteiger partial charge in [-0.2, -0.15) is 0 Å². The zero-order valence-electron chi connectivity index (χ0n) is 13.4. The third-order valence-electron chi connectivity index (χ3n) is 3.72. The Kier molecular flexibility index (Phi) is 4.81. The molecule has 0 bridgehead atoms. The van der Waals surface area contributed by atoms with Crippen LogP contribution in [0, 0.1) is 12.7 Å². The number of hydrogen-bond donors (Lipinski definition) is 1. The highest BCUT2D eigenvalue weighted by Crippen LogP contribution is 2.30. The van der Waals surface area contributed by atoms with Gasteiger partial charge < -0.3 is 5.32 Å². The predicted octanol–water partition coefficient (Wildman–Crippen LogP) is 4.80. The Balaban J connectivity index is 1.75. The molecular formula is C19H17FN2OS. The molecule has 3 aromatic rings. The van der Waals surface area contributed by atoms with Crippen LogP contribution in [0.1, 0.15) is 12.5 Å². The van der Waals surface area contributed by atoms with Gasteiger partial charge >= 0.3 is 0 Å². The van der Waals surface area contributed by atoms with Crippen molar-refractivity contribution in [3.8, 4) is 0 Å². The van der Waals surface area contributed by atoms with Crippen molar-refractivity contribution in [3.05, 3.63) is 66.1 Å². The Bertz CT molecular complexity index is 892. The lowest BCUT2D eigenvalue weighted by Crippen LogP contribution is -2.22. The lowest BCUT2D eigenvalue weighted by atomic mass is 10.2. The van der Waals surface area contributed by atoms with Crippen molar-refractivity contribution in [2.45, 2.75) is 24.0 Å². The monoisotopic (exact) mass is 340 g/mol. The van der Waals surface area contributed by atoms with Gasteiger partial charge in [-0.05, 0) is 43.7 Å². The SMILES string of the molecule is Cc1ccc(NC(=O)C(C)Sc2ccnc3ccccc23)cc1F. The molecule has 0 saturated carbocycles. The molecule has 0 saturated heterocycles. The average Bonchev–Trinajstić information content (AvgIpc) is 2.58. The smallest absolute Gasteiger partial charge is 0.237 e. The van der Waals surface area contributed by atoms with Crippen molar-refractivity contribution in [3.63, 3.8) is 0 Å². The fourth-order valence-corrected chi connectivity index (χ4v) is 3.32. The summed E-state index contributed by atoms with van der Waals surface area (Å²) in [5.41, 5.74) is 1.92. The minimum absolute atomic E-state index is 0.163. The number of benzene rings is 2. The summed E-state index contributed by atoms with van der Waals surface area (Å²) in [6, 6.07) is 14.4. The molecule has 1 N–H and O–H groups in total. The highest BCUT2D eigenvalue weighted by Gasteiger charge is 2.16. The summed E-state index contributed by atoms with van der Waals surface area (Å²) in [5, 5.41) is 3.46. The summed E-state index contributed by atoms with van der Waals surface area (Å²) < 4.78 is 13.6. The van der Waals surface area contributed by atoms with Crippen molar-refractivity contribution in [2.75, 3.05) is 5.32 Å². The second kappa shape index (κ2) is 7.01. The molecule has 0 radical (unpaired) electrons. The van der Waals surface area contributed by atoms with E-state index >= 15 is 0 Å². The van der Waals surface area contributed by atoms with Gasteiger partial charge in [0.2, 0.25) is 5.91 Å². The molecule has 0 aliphatic heterocycles. The molecule has 0 aliphatic rings. The second-order valence-electron chi connectivity index (χ2n) is 5.54. The number of anilines is 1. The fourth-order valence-electron chi connectivity index (χ4n) is 2.33. The number of carbonyl (C=O) groups excluding carboxylic acids is 1. The number of halogens is 1. The van der Waals surface area contributed by atoms with E-state index in [0.29, 0.717) is 11.3 Å². The first-order valence-corrected chi connectivity index (χ1v) is 8.50. The molecule has 1 aromatic heterocycles. The second-order valence-corrected chi connectivity index (χ2v) is 6.92. The molecule has 0 aliphatic carbocycles. The first kappa shape index (κ1) is 16.5. The Labute approximate surface area is 144 Å². The number of aryl methyl sites for hydroxylation is 1. The summed E-state index contributed by atoms with van der Waals surface area (Å²) in [4.78, 5) is 17.7. The summed E-state index contributed by atoms with van der Waals surface area (Å²) in [5.74, 6) is -0.489. The van der Waals surface area contributed by atoms with E-state index in [1.807, 2.05) is 37.3 Å². The molecule has 122 valence electrons. The van der Waals surface area contributed by atoms with Gasteiger partial charge in [0.05, 0.1) is 10.8 Å². The van der Waals surface area contributed by atoms with Gasteiger partial charge in [0.1, 0.15) is 5.82 Å². The molecule has 2 aromatic carbocycles. The highest BCUT2D eigenvalue weighted by atomic mass is 32.2. The number of carbonyl (C=O) groups is 1. The molecule has 3 nitrogen and oxygen atoms in total. The molecule has 1 atom stereocenters. The van der Waals surface area contributed by atoms with Crippen LogP contribution in [0.3, 0.4) is 0 Å². The zero-order valence-corrected chi connectivity index (χ0v) is 14.2. The van der Waals surface area contributed by atoms with Crippen LogP contribution in [0.2, 0.25) is 0 Å². The van der Waals surface area contributed by atoms with Gasteiger partial charge in [-0.1, -0.05) is 24.3 Å². The molecule has 3 rings (SSSR count). The van der Waals surface area contributed by atoms with Crippen LogP contribution < -0.4 is 5.32 Å². The number of para-hydroxylation sites is 1. The number of hydrogen-bond acceptors (Lipinski definition) is 3. The maximum atomic E-state index is 13.6. The van der Waals surface area contributed by atoms with Crippen LogP contribution in [0.15, 0.2) is 59.6 Å². The maximum absolute atomic E-state index is 13.6. The number of thioether (sulfide) groups is 1. The summed E-state index contributed by atoms with van der Waals surface area (Å²) in [7, 11) is 0. The van der Waals surface area contributed by atoms with E-state index in [-0.39, 0.29) is 17.0 Å². The van der Waals surface area contributed by atoms with Crippen molar-refractivity contribution >= 4 is 34.3 Å². The highest BCUT2D eigenvalue weighted by molar-refractivity contribution is 8.00. The van der Waals surface area contributed by atoms with Gasteiger partial charge in [0.25, 0.3) is 0 Å². The van der Waals surface area contributed by atoms with E-state index in [4.69, 9.17) is 0 Å². The molecule has 5 heteroatoms. The van der Waals surface area contributed by atoms with Gasteiger partial charge in [-0.3, -0.25) is 9.78 Å². The topological polar surface area (TPSA) is 42.0 Å². The molecule has 24 heavy (non-hydrogen) atoms. The van der Waals surface area contributed by atoms with Crippen LogP contribution in [0.5, 0.6) is 0 Å². The van der Waals surface area contributed by atoms with E-state index in [0.717, 1.165) is 15.8 Å². The molecule has 1 amide bonds. The third kappa shape index (κ3) is 3.57. The van der Waals surface area contributed by atoms with Crippen LogP contribution in [0.4, 0.5) is 10.1 Å². The van der Waals surface area contributed by atoms with E-state index in [2.05, 4.69) is 10.3 Å². The average molecular weight is 340 g/mol. The minimum Gasteiger partial charge on any atom is -0.325 e.